The van der Waals surface area contributed by atoms with Gasteiger partial charge in [0.25, 0.3) is 5.91 Å². The zero-order valence-corrected chi connectivity index (χ0v) is 20.1. The van der Waals surface area contributed by atoms with E-state index in [-0.39, 0.29) is 29.6 Å². The highest BCUT2D eigenvalue weighted by atomic mass is 32.1. The van der Waals surface area contributed by atoms with E-state index in [9.17, 15) is 34.2 Å². The number of aliphatic imine (C=N–C) groups is 1. The van der Waals surface area contributed by atoms with Gasteiger partial charge in [0.1, 0.15) is 12.1 Å². The second-order valence-electron chi connectivity index (χ2n) is 7.77. The third-order valence-corrected chi connectivity index (χ3v) is 5.40. The van der Waals surface area contributed by atoms with Gasteiger partial charge < -0.3 is 32.3 Å². The lowest BCUT2D eigenvalue weighted by Crippen LogP contribution is -2.60. The molecule has 0 saturated carbocycles. The van der Waals surface area contributed by atoms with Gasteiger partial charge in [0.2, 0.25) is 11.8 Å². The smallest absolute Gasteiger partial charge is 0.330 e. The zero-order valence-electron chi connectivity index (χ0n) is 19.3. The van der Waals surface area contributed by atoms with Crippen molar-refractivity contribution < 1.29 is 34.2 Å². The summed E-state index contributed by atoms with van der Waals surface area (Å²) in [5, 5.41) is 25.2. The Bertz CT molecular complexity index is 1060. The van der Waals surface area contributed by atoms with E-state index in [2.05, 4.69) is 15.6 Å². The Morgan fingerprint density at radius 1 is 1.22 bits per heavy atom. The molecule has 1 heterocycles. The molecule has 1 fully saturated rings. The summed E-state index contributed by atoms with van der Waals surface area (Å²) in [5.41, 5.74) is 10.8. The third-order valence-electron chi connectivity index (χ3n) is 5.11. The molecule has 0 bridgehead atoms. The van der Waals surface area contributed by atoms with Crippen LogP contribution in [0.3, 0.4) is 0 Å². The molecule has 1 aliphatic rings. The van der Waals surface area contributed by atoms with Gasteiger partial charge in [-0.2, -0.15) is 5.01 Å². The number of carbonyl (C=O) groups is 5. The molecular weight excluding hydrogens is 494 g/mol. The molecule has 3 amide bonds. The third kappa shape index (κ3) is 7.11. The second kappa shape index (κ2) is 12.4. The highest BCUT2D eigenvalue weighted by molar-refractivity contribution is 7.80. The van der Waals surface area contributed by atoms with Crippen molar-refractivity contribution in [2.45, 2.75) is 44.3 Å². The van der Waals surface area contributed by atoms with Crippen molar-refractivity contribution in [3.63, 3.8) is 0 Å². The Morgan fingerprint density at radius 2 is 1.86 bits per heavy atom. The maximum atomic E-state index is 13.2. The van der Waals surface area contributed by atoms with Gasteiger partial charge in [-0.1, -0.05) is 30.3 Å². The van der Waals surface area contributed by atoms with Crippen molar-refractivity contribution in [3.8, 4) is 0 Å². The number of amides is 3. The van der Waals surface area contributed by atoms with Crippen LogP contribution in [0.4, 0.5) is 0 Å². The van der Waals surface area contributed by atoms with Crippen molar-refractivity contribution >= 4 is 53.0 Å². The van der Waals surface area contributed by atoms with Crippen LogP contribution in [-0.4, -0.2) is 79.6 Å². The van der Waals surface area contributed by atoms with E-state index in [0.717, 1.165) is 11.9 Å². The summed E-state index contributed by atoms with van der Waals surface area (Å²) < 4.78 is 0. The molecule has 0 aliphatic carbocycles. The number of guanidine groups is 1. The minimum atomic E-state index is -1.78. The first-order valence-electron chi connectivity index (χ1n) is 10.7. The Kier molecular flexibility index (Phi) is 9.66. The Labute approximate surface area is 211 Å². The number of nitrogens with zero attached hydrogens (tertiary/aromatic N) is 3. The Morgan fingerprint density at radius 3 is 2.39 bits per heavy atom. The number of hydrogen-bond donors (Lipinski definition) is 6. The quantitative estimate of drug-likeness (QED) is 0.0818. The number of rotatable bonds is 12. The lowest BCUT2D eigenvalue weighted by Gasteiger charge is -2.35. The molecule has 15 heteroatoms. The number of aliphatic carboxylic acids is 2. The standard InChI is InChI=1S/C21H27N7O7S/c1-11(29)27(28-18(33)13(25-21(28)36)8-5-9-24-20(22)23)14(10-15(30)31)17(32)26-16(19(34)35)12-6-3-2-4-7-12/h2-4,6-7,13-14,16H,5,8-10H2,1H3,(H,25,36)(H,26,32)(H,30,31)(H,34,35)(H4,22,23,24)/t13-,14-,16-/m0/s1. The minimum absolute atomic E-state index is 0.113. The number of hydrogen-bond acceptors (Lipinski definition) is 7. The van der Waals surface area contributed by atoms with Crippen LogP contribution in [0.5, 0.6) is 0 Å². The molecule has 1 aromatic rings. The molecule has 0 unspecified atom stereocenters. The summed E-state index contributed by atoms with van der Waals surface area (Å²) in [7, 11) is 0. The van der Waals surface area contributed by atoms with Gasteiger partial charge >= 0.3 is 11.9 Å². The molecule has 0 spiro atoms. The van der Waals surface area contributed by atoms with E-state index in [0.29, 0.717) is 11.4 Å². The van der Waals surface area contributed by atoms with E-state index >= 15 is 0 Å². The maximum absolute atomic E-state index is 13.2. The van der Waals surface area contributed by atoms with Gasteiger partial charge in [0, 0.05) is 13.5 Å². The molecule has 3 atom stereocenters. The second-order valence-corrected chi connectivity index (χ2v) is 8.16. The molecule has 1 aromatic carbocycles. The summed E-state index contributed by atoms with van der Waals surface area (Å²) in [6.45, 7) is 1.26. The molecule has 0 aromatic heterocycles. The van der Waals surface area contributed by atoms with Gasteiger partial charge in [-0.15, -0.1) is 0 Å². The number of thiocarbonyl (C=S) groups is 1. The van der Waals surface area contributed by atoms with Crippen LogP contribution in [0.15, 0.2) is 35.3 Å². The van der Waals surface area contributed by atoms with Gasteiger partial charge in [-0.05, 0) is 30.6 Å². The van der Waals surface area contributed by atoms with Crippen molar-refractivity contribution in [2.24, 2.45) is 16.5 Å². The number of carbonyl (C=O) groups excluding carboxylic acids is 3. The number of benzene rings is 1. The van der Waals surface area contributed by atoms with Crippen molar-refractivity contribution in [3.05, 3.63) is 35.9 Å². The summed E-state index contributed by atoms with van der Waals surface area (Å²) in [5.74, 6) is -5.64. The van der Waals surface area contributed by atoms with E-state index in [1.165, 1.54) is 12.1 Å². The van der Waals surface area contributed by atoms with Crippen molar-refractivity contribution in [2.75, 3.05) is 6.54 Å². The highest BCUT2D eigenvalue weighted by Crippen LogP contribution is 2.21. The van der Waals surface area contributed by atoms with Crippen LogP contribution in [0.25, 0.3) is 0 Å². The fourth-order valence-corrected chi connectivity index (χ4v) is 3.87. The normalized spacial score (nSPS) is 16.5. The van der Waals surface area contributed by atoms with Gasteiger partial charge in [0.15, 0.2) is 17.1 Å². The predicted octanol–water partition coefficient (Wildman–Crippen LogP) is -1.33. The number of nitrogens with one attached hydrogen (secondary N) is 2. The van der Waals surface area contributed by atoms with Gasteiger partial charge in [-0.3, -0.25) is 24.2 Å². The largest absolute Gasteiger partial charge is 0.481 e. The van der Waals surface area contributed by atoms with Crippen LogP contribution in [0.2, 0.25) is 0 Å². The van der Waals surface area contributed by atoms with Crippen LogP contribution < -0.4 is 22.1 Å². The van der Waals surface area contributed by atoms with E-state index in [4.69, 9.17) is 23.7 Å². The molecular formula is C21H27N7O7S. The topological polar surface area (TPSA) is 221 Å². The number of carboxylic acid groups (broad SMARTS) is 2. The van der Waals surface area contributed by atoms with Crippen LogP contribution in [0.1, 0.15) is 37.8 Å². The Hall–Kier alpha value is -4.27. The van der Waals surface area contributed by atoms with E-state index < -0.39 is 54.2 Å². The first-order chi connectivity index (χ1) is 16.9. The molecule has 1 aliphatic heterocycles. The molecule has 0 radical (unpaired) electrons. The molecule has 14 nitrogen and oxygen atoms in total. The van der Waals surface area contributed by atoms with Gasteiger partial charge in [0.05, 0.1) is 6.42 Å². The van der Waals surface area contributed by atoms with E-state index in [1.807, 2.05) is 0 Å². The fourth-order valence-electron chi connectivity index (χ4n) is 3.55. The van der Waals surface area contributed by atoms with Crippen LogP contribution in [-0.2, 0) is 24.0 Å². The van der Waals surface area contributed by atoms with Crippen LogP contribution in [0, 0.1) is 0 Å². The summed E-state index contributed by atoms with van der Waals surface area (Å²) in [6, 6.07) is 3.51. The zero-order chi connectivity index (χ0) is 27.0. The first-order valence-corrected chi connectivity index (χ1v) is 11.1. The maximum Gasteiger partial charge on any atom is 0.330 e. The minimum Gasteiger partial charge on any atom is -0.481 e. The molecule has 2 rings (SSSR count). The average Bonchev–Trinajstić information content (AvgIpc) is 3.07. The fraction of sp³-hybridized carbons (Fsp3) is 0.381. The number of nitrogens with two attached hydrogens (primary N) is 2. The number of hydrazine groups is 1. The van der Waals surface area contributed by atoms with E-state index in [1.54, 1.807) is 18.2 Å². The molecule has 36 heavy (non-hydrogen) atoms. The monoisotopic (exact) mass is 521 g/mol. The summed E-state index contributed by atoms with van der Waals surface area (Å²) >= 11 is 5.20. The van der Waals surface area contributed by atoms with Gasteiger partial charge in [-0.25, -0.2) is 9.80 Å². The predicted molar refractivity (Wildman–Crippen MR) is 130 cm³/mol. The Balaban J connectivity index is 2.32. The first kappa shape index (κ1) is 28.0. The van der Waals surface area contributed by atoms with Crippen molar-refractivity contribution in [1.29, 1.82) is 0 Å². The SMILES string of the molecule is CC(=O)N([C@@H](CC(=O)O)C(=O)N[C@H](C(=O)O)c1ccccc1)N1C(=O)[C@H](CCCN=C(N)N)NC1=S. The molecule has 194 valence electrons. The van der Waals surface area contributed by atoms with Crippen molar-refractivity contribution in [1.82, 2.24) is 20.7 Å². The lowest BCUT2D eigenvalue weighted by molar-refractivity contribution is -0.163. The molecule has 1 saturated heterocycles. The lowest BCUT2D eigenvalue weighted by atomic mass is 10.1. The highest BCUT2D eigenvalue weighted by Gasteiger charge is 2.45. The average molecular weight is 522 g/mol. The summed E-state index contributed by atoms with van der Waals surface area (Å²) in [6.07, 6.45) is -0.314. The summed E-state index contributed by atoms with van der Waals surface area (Å²) in [4.78, 5) is 66.1. The van der Waals surface area contributed by atoms with Crippen LogP contribution >= 0.6 is 12.2 Å². The number of carboxylic acids is 2. The molecule has 8 N–H and O–H groups in total.